The Kier molecular flexibility index (Phi) is 3.00. The third-order valence-electron chi connectivity index (χ3n) is 2.41. The lowest BCUT2D eigenvalue weighted by Crippen LogP contribution is -2.00. The molecule has 1 N–H and O–H groups in total. The molecule has 0 aliphatic carbocycles. The van der Waals surface area contributed by atoms with Crippen molar-refractivity contribution in [1.29, 1.82) is 0 Å². The van der Waals surface area contributed by atoms with E-state index >= 15 is 0 Å². The Morgan fingerprint density at radius 3 is 3.13 bits per heavy atom. The number of aryl methyl sites for hydroxylation is 1. The summed E-state index contributed by atoms with van der Waals surface area (Å²) in [5.74, 6) is 1.35. The third kappa shape index (κ3) is 2.34. The Morgan fingerprint density at radius 1 is 1.73 bits per heavy atom. The van der Waals surface area contributed by atoms with E-state index < -0.39 is 5.97 Å². The molecule has 2 heterocycles. The van der Waals surface area contributed by atoms with Crippen LogP contribution in [0.2, 0.25) is 0 Å². The molecule has 1 fully saturated rings. The van der Waals surface area contributed by atoms with Crippen molar-refractivity contribution in [1.82, 2.24) is 4.98 Å². The zero-order valence-electron chi connectivity index (χ0n) is 8.52. The average molecular weight is 227 g/mol. The Morgan fingerprint density at radius 2 is 2.53 bits per heavy atom. The molecule has 2 rings (SSSR count). The number of carbonyl (C=O) groups is 1. The van der Waals surface area contributed by atoms with Crippen LogP contribution in [-0.2, 0) is 11.2 Å². The predicted molar refractivity (Wildman–Crippen MR) is 57.0 cm³/mol. The molecule has 1 saturated heterocycles. The first-order valence-electron chi connectivity index (χ1n) is 4.96. The zero-order valence-corrected chi connectivity index (χ0v) is 9.34. The van der Waals surface area contributed by atoms with Gasteiger partial charge in [-0.15, -0.1) is 0 Å². The van der Waals surface area contributed by atoms with Crippen LogP contribution in [0.25, 0.3) is 0 Å². The SMILES string of the molecule is Cc1oc(CC(=O)O)nc1C1CCCS1. The van der Waals surface area contributed by atoms with Crippen LogP contribution < -0.4 is 0 Å². The molecule has 1 unspecified atom stereocenters. The molecular weight excluding hydrogens is 214 g/mol. The van der Waals surface area contributed by atoms with Gasteiger partial charge in [-0.2, -0.15) is 11.8 Å². The molecule has 0 spiro atoms. The average Bonchev–Trinajstić information content (AvgIpc) is 2.72. The Labute approximate surface area is 92.1 Å². The maximum absolute atomic E-state index is 10.5. The molecule has 1 atom stereocenters. The molecule has 0 amide bonds. The molecule has 0 aromatic carbocycles. The molecule has 0 radical (unpaired) electrons. The van der Waals surface area contributed by atoms with Crippen molar-refractivity contribution in [3.05, 3.63) is 17.3 Å². The molecule has 82 valence electrons. The molecule has 4 nitrogen and oxygen atoms in total. The quantitative estimate of drug-likeness (QED) is 0.857. The number of carboxylic acids is 1. The number of aliphatic carboxylic acids is 1. The summed E-state index contributed by atoms with van der Waals surface area (Å²) in [5.41, 5.74) is 0.939. The van der Waals surface area contributed by atoms with E-state index in [1.807, 2.05) is 18.7 Å². The fourth-order valence-corrected chi connectivity index (χ4v) is 3.09. The lowest BCUT2D eigenvalue weighted by atomic mass is 10.2. The van der Waals surface area contributed by atoms with Gasteiger partial charge in [0.25, 0.3) is 0 Å². The first-order valence-corrected chi connectivity index (χ1v) is 6.01. The lowest BCUT2D eigenvalue weighted by Gasteiger charge is -2.03. The highest BCUT2D eigenvalue weighted by molar-refractivity contribution is 7.99. The van der Waals surface area contributed by atoms with E-state index in [9.17, 15) is 4.79 Å². The van der Waals surface area contributed by atoms with E-state index in [0.717, 1.165) is 23.6 Å². The van der Waals surface area contributed by atoms with Crippen molar-refractivity contribution in [2.24, 2.45) is 0 Å². The monoisotopic (exact) mass is 227 g/mol. The van der Waals surface area contributed by atoms with Crippen molar-refractivity contribution < 1.29 is 14.3 Å². The van der Waals surface area contributed by atoms with Crippen molar-refractivity contribution in [2.45, 2.75) is 31.4 Å². The van der Waals surface area contributed by atoms with Crippen LogP contribution in [0.15, 0.2) is 4.42 Å². The van der Waals surface area contributed by atoms with Crippen molar-refractivity contribution in [3.63, 3.8) is 0 Å². The van der Waals surface area contributed by atoms with E-state index in [1.54, 1.807) is 0 Å². The largest absolute Gasteiger partial charge is 0.481 e. The van der Waals surface area contributed by atoms with Crippen molar-refractivity contribution in [3.8, 4) is 0 Å². The number of rotatable bonds is 3. The summed E-state index contributed by atoms with van der Waals surface area (Å²) < 4.78 is 5.33. The van der Waals surface area contributed by atoms with Gasteiger partial charge in [0.05, 0.1) is 10.9 Å². The highest BCUT2D eigenvalue weighted by atomic mass is 32.2. The molecule has 1 aliphatic heterocycles. The van der Waals surface area contributed by atoms with Crippen molar-refractivity contribution in [2.75, 3.05) is 5.75 Å². The second kappa shape index (κ2) is 4.26. The van der Waals surface area contributed by atoms with E-state index in [1.165, 1.54) is 6.42 Å². The van der Waals surface area contributed by atoms with Gasteiger partial charge in [0.1, 0.15) is 12.2 Å². The maximum atomic E-state index is 10.5. The minimum atomic E-state index is -0.901. The van der Waals surface area contributed by atoms with Crippen LogP contribution in [0.3, 0.4) is 0 Å². The minimum Gasteiger partial charge on any atom is -0.481 e. The van der Waals surface area contributed by atoms with E-state index in [4.69, 9.17) is 9.52 Å². The van der Waals surface area contributed by atoms with Gasteiger partial charge in [0.2, 0.25) is 5.89 Å². The van der Waals surface area contributed by atoms with E-state index in [2.05, 4.69) is 4.98 Å². The minimum absolute atomic E-state index is 0.127. The Bertz CT molecular complexity index is 369. The number of aromatic nitrogens is 1. The summed E-state index contributed by atoms with van der Waals surface area (Å²) in [5, 5.41) is 9.03. The summed E-state index contributed by atoms with van der Waals surface area (Å²) in [6.45, 7) is 1.85. The highest BCUT2D eigenvalue weighted by Gasteiger charge is 2.24. The molecule has 0 bridgehead atoms. The standard InChI is InChI=1S/C10H13NO3S/c1-6-10(7-3-2-4-15-7)11-8(14-6)5-9(12)13/h7H,2-5H2,1H3,(H,12,13). The van der Waals surface area contributed by atoms with Gasteiger partial charge in [-0.3, -0.25) is 4.79 Å². The topological polar surface area (TPSA) is 63.3 Å². The maximum Gasteiger partial charge on any atom is 0.312 e. The van der Waals surface area contributed by atoms with Gasteiger partial charge in [0.15, 0.2) is 0 Å². The van der Waals surface area contributed by atoms with Gasteiger partial charge in [-0.05, 0) is 25.5 Å². The van der Waals surface area contributed by atoms with Gasteiger partial charge in [-0.1, -0.05) is 0 Å². The summed E-state index contributed by atoms with van der Waals surface area (Å²) >= 11 is 1.87. The number of thioether (sulfide) groups is 1. The number of nitrogens with zero attached hydrogens (tertiary/aromatic N) is 1. The third-order valence-corrected chi connectivity index (χ3v) is 3.80. The number of hydrogen-bond donors (Lipinski definition) is 1. The van der Waals surface area contributed by atoms with Crippen LogP contribution in [0.5, 0.6) is 0 Å². The summed E-state index contributed by atoms with van der Waals surface area (Å²) in [6, 6.07) is 0. The Hall–Kier alpha value is -0.970. The van der Waals surface area contributed by atoms with Crippen LogP contribution in [0.4, 0.5) is 0 Å². The fraction of sp³-hybridized carbons (Fsp3) is 0.600. The second-order valence-electron chi connectivity index (χ2n) is 3.62. The first kappa shape index (κ1) is 10.5. The van der Waals surface area contributed by atoms with Crippen LogP contribution in [-0.4, -0.2) is 21.8 Å². The van der Waals surface area contributed by atoms with Crippen LogP contribution in [0, 0.1) is 6.92 Å². The molecule has 15 heavy (non-hydrogen) atoms. The smallest absolute Gasteiger partial charge is 0.312 e. The normalized spacial score (nSPS) is 20.7. The number of carboxylic acid groups (broad SMARTS) is 1. The number of hydrogen-bond acceptors (Lipinski definition) is 4. The van der Waals surface area contributed by atoms with Crippen LogP contribution in [0.1, 0.15) is 35.4 Å². The first-order chi connectivity index (χ1) is 7.16. The van der Waals surface area contributed by atoms with Crippen LogP contribution >= 0.6 is 11.8 Å². The van der Waals surface area contributed by atoms with Gasteiger partial charge in [-0.25, -0.2) is 4.98 Å². The van der Waals surface area contributed by atoms with Gasteiger partial charge >= 0.3 is 5.97 Å². The molecule has 0 saturated carbocycles. The van der Waals surface area contributed by atoms with Gasteiger partial charge in [0, 0.05) is 0 Å². The highest BCUT2D eigenvalue weighted by Crippen LogP contribution is 2.40. The fourth-order valence-electron chi connectivity index (χ4n) is 1.76. The molecule has 1 aromatic rings. The molecular formula is C10H13NO3S. The van der Waals surface area contributed by atoms with E-state index in [0.29, 0.717) is 11.1 Å². The van der Waals surface area contributed by atoms with Crippen molar-refractivity contribution >= 4 is 17.7 Å². The number of oxazole rings is 1. The van der Waals surface area contributed by atoms with E-state index in [-0.39, 0.29) is 6.42 Å². The summed E-state index contributed by atoms with van der Waals surface area (Å²) in [7, 11) is 0. The molecule has 1 aromatic heterocycles. The summed E-state index contributed by atoms with van der Waals surface area (Å²) in [4.78, 5) is 14.8. The Balaban J connectivity index is 2.17. The lowest BCUT2D eigenvalue weighted by molar-refractivity contribution is -0.136. The second-order valence-corrected chi connectivity index (χ2v) is 4.93. The molecule has 5 heteroatoms. The predicted octanol–water partition coefficient (Wildman–Crippen LogP) is 2.18. The molecule has 1 aliphatic rings. The summed E-state index contributed by atoms with van der Waals surface area (Å²) in [6.07, 6.45) is 2.19. The van der Waals surface area contributed by atoms with Gasteiger partial charge < -0.3 is 9.52 Å². The zero-order chi connectivity index (χ0) is 10.8.